The van der Waals surface area contributed by atoms with Gasteiger partial charge in [0.2, 0.25) is 5.91 Å². The maximum absolute atomic E-state index is 13.4. The van der Waals surface area contributed by atoms with Gasteiger partial charge in [0.1, 0.15) is 17.5 Å². The van der Waals surface area contributed by atoms with Gasteiger partial charge in [0.25, 0.3) is 0 Å². The molecule has 3 rings (SSSR count). The summed E-state index contributed by atoms with van der Waals surface area (Å²) >= 11 is 0. The molecule has 1 heterocycles. The third-order valence-electron chi connectivity index (χ3n) is 5.03. The molecule has 2 aromatic rings. The molecule has 0 bridgehead atoms. The maximum atomic E-state index is 13.4. The van der Waals surface area contributed by atoms with Crippen LogP contribution in [0.25, 0.3) is 0 Å². The molecule has 6 heteroatoms. The van der Waals surface area contributed by atoms with Crippen LogP contribution in [0.4, 0.5) is 0 Å². The number of morpholine rings is 1. The van der Waals surface area contributed by atoms with Crippen LogP contribution in [0.2, 0.25) is 0 Å². The number of likely N-dealkylation sites (N-methyl/N-ethyl adjacent to an activating group) is 1. The molecule has 1 aliphatic rings. The molecule has 1 aliphatic heterocycles. The zero-order valence-electron chi connectivity index (χ0n) is 16.8. The second kappa shape index (κ2) is 9.57. The Kier molecular flexibility index (Phi) is 6.90. The first-order chi connectivity index (χ1) is 13.6. The first-order valence-corrected chi connectivity index (χ1v) is 9.46. The van der Waals surface area contributed by atoms with Crippen molar-refractivity contribution in [2.24, 2.45) is 0 Å². The van der Waals surface area contributed by atoms with Gasteiger partial charge in [0.15, 0.2) is 0 Å². The van der Waals surface area contributed by atoms with E-state index in [2.05, 4.69) is 4.90 Å². The number of nitrogens with zero attached hydrogens (tertiary/aromatic N) is 2. The van der Waals surface area contributed by atoms with E-state index in [1.165, 1.54) is 0 Å². The van der Waals surface area contributed by atoms with Gasteiger partial charge in [-0.3, -0.25) is 9.69 Å². The van der Waals surface area contributed by atoms with Crippen LogP contribution < -0.4 is 9.47 Å². The summed E-state index contributed by atoms with van der Waals surface area (Å²) in [5, 5.41) is 0. The average Bonchev–Trinajstić information content (AvgIpc) is 2.75. The van der Waals surface area contributed by atoms with Crippen LogP contribution in [0.1, 0.15) is 17.2 Å². The van der Waals surface area contributed by atoms with Gasteiger partial charge in [-0.15, -0.1) is 0 Å². The fraction of sp³-hybridized carbons (Fsp3) is 0.409. The first kappa shape index (κ1) is 20.2. The normalized spacial score (nSPS) is 15.4. The second-order valence-corrected chi connectivity index (χ2v) is 6.84. The van der Waals surface area contributed by atoms with Gasteiger partial charge in [-0.1, -0.05) is 36.4 Å². The van der Waals surface area contributed by atoms with E-state index >= 15 is 0 Å². The van der Waals surface area contributed by atoms with Crippen molar-refractivity contribution in [3.05, 3.63) is 59.7 Å². The van der Waals surface area contributed by atoms with Crippen LogP contribution >= 0.6 is 0 Å². The van der Waals surface area contributed by atoms with E-state index in [-0.39, 0.29) is 11.9 Å². The molecule has 1 unspecified atom stereocenters. The Balaban J connectivity index is 1.86. The Morgan fingerprint density at radius 3 is 2.46 bits per heavy atom. The Bertz CT molecular complexity index is 775. The molecule has 28 heavy (non-hydrogen) atoms. The molecule has 0 aliphatic carbocycles. The van der Waals surface area contributed by atoms with E-state index in [0.29, 0.717) is 32.8 Å². The number of benzene rings is 2. The predicted octanol–water partition coefficient (Wildman–Crippen LogP) is 2.74. The zero-order valence-corrected chi connectivity index (χ0v) is 16.8. The summed E-state index contributed by atoms with van der Waals surface area (Å²) < 4.78 is 16.2. The van der Waals surface area contributed by atoms with Crippen molar-refractivity contribution in [1.82, 2.24) is 9.80 Å². The largest absolute Gasteiger partial charge is 0.497 e. The van der Waals surface area contributed by atoms with Crippen LogP contribution in [-0.2, 0) is 16.1 Å². The monoisotopic (exact) mass is 384 g/mol. The van der Waals surface area contributed by atoms with Crippen molar-refractivity contribution in [3.63, 3.8) is 0 Å². The van der Waals surface area contributed by atoms with E-state index in [9.17, 15) is 4.79 Å². The summed E-state index contributed by atoms with van der Waals surface area (Å²) in [6.45, 7) is 3.00. The molecule has 6 nitrogen and oxygen atoms in total. The molecule has 150 valence electrons. The molecular formula is C22H28N2O4. The number of rotatable bonds is 7. The highest BCUT2D eigenvalue weighted by molar-refractivity contribution is 5.83. The minimum absolute atomic E-state index is 0.101. The molecule has 0 saturated carbocycles. The standard InChI is InChI=1S/C22H28N2O4/c1-23(16-18-9-10-19(26-2)15-20(18)27-3)21(17-7-5-4-6-8-17)22(25)24-11-13-28-14-12-24/h4-10,15,21H,11-14,16H2,1-3H3. The lowest BCUT2D eigenvalue weighted by Crippen LogP contribution is -2.46. The molecular weight excluding hydrogens is 356 g/mol. The Morgan fingerprint density at radius 2 is 1.82 bits per heavy atom. The Morgan fingerprint density at radius 1 is 1.11 bits per heavy atom. The summed E-state index contributed by atoms with van der Waals surface area (Å²) in [4.78, 5) is 17.3. The number of carbonyl (C=O) groups is 1. The lowest BCUT2D eigenvalue weighted by atomic mass is 10.0. The van der Waals surface area contributed by atoms with Crippen LogP contribution in [-0.4, -0.2) is 63.3 Å². The van der Waals surface area contributed by atoms with E-state index in [1.54, 1.807) is 14.2 Å². The molecule has 0 spiro atoms. The minimum atomic E-state index is -0.369. The van der Waals surface area contributed by atoms with Crippen molar-refractivity contribution in [3.8, 4) is 11.5 Å². The summed E-state index contributed by atoms with van der Waals surface area (Å²) in [7, 11) is 5.25. The van der Waals surface area contributed by atoms with Crippen LogP contribution in [0.15, 0.2) is 48.5 Å². The molecule has 0 aromatic heterocycles. The van der Waals surface area contributed by atoms with Gasteiger partial charge in [-0.25, -0.2) is 0 Å². The molecule has 2 aromatic carbocycles. The number of hydrogen-bond acceptors (Lipinski definition) is 5. The van der Waals surface area contributed by atoms with Crippen molar-refractivity contribution in [2.75, 3.05) is 47.6 Å². The second-order valence-electron chi connectivity index (χ2n) is 6.84. The highest BCUT2D eigenvalue weighted by Gasteiger charge is 2.30. The van der Waals surface area contributed by atoms with E-state index in [1.807, 2.05) is 60.5 Å². The maximum Gasteiger partial charge on any atom is 0.244 e. The molecule has 0 N–H and O–H groups in total. The van der Waals surface area contributed by atoms with E-state index < -0.39 is 0 Å². The molecule has 1 fully saturated rings. The quantitative estimate of drug-likeness (QED) is 0.735. The SMILES string of the molecule is COc1ccc(CN(C)C(C(=O)N2CCOCC2)c2ccccc2)c(OC)c1. The predicted molar refractivity (Wildman–Crippen MR) is 108 cm³/mol. The lowest BCUT2D eigenvalue weighted by Gasteiger charge is -2.35. The van der Waals surface area contributed by atoms with Crippen LogP contribution in [0.5, 0.6) is 11.5 Å². The fourth-order valence-electron chi connectivity index (χ4n) is 3.52. The summed E-state index contributed by atoms with van der Waals surface area (Å²) in [5.41, 5.74) is 1.98. The number of ether oxygens (including phenoxy) is 3. The summed E-state index contributed by atoms with van der Waals surface area (Å²) in [6, 6.07) is 15.3. The van der Waals surface area contributed by atoms with Gasteiger partial charge in [-0.2, -0.15) is 0 Å². The van der Waals surface area contributed by atoms with Crippen molar-refractivity contribution < 1.29 is 19.0 Å². The minimum Gasteiger partial charge on any atom is -0.497 e. The van der Waals surface area contributed by atoms with Crippen LogP contribution in [0, 0.1) is 0 Å². The number of methoxy groups -OCH3 is 2. The number of carbonyl (C=O) groups excluding carboxylic acids is 1. The summed E-state index contributed by atoms with van der Waals surface area (Å²) in [5.74, 6) is 1.59. The summed E-state index contributed by atoms with van der Waals surface area (Å²) in [6.07, 6.45) is 0. The van der Waals surface area contributed by atoms with Gasteiger partial charge in [0.05, 0.1) is 27.4 Å². The van der Waals surface area contributed by atoms with Crippen molar-refractivity contribution >= 4 is 5.91 Å². The van der Waals surface area contributed by atoms with Gasteiger partial charge >= 0.3 is 0 Å². The number of amides is 1. The highest BCUT2D eigenvalue weighted by Crippen LogP contribution is 2.29. The lowest BCUT2D eigenvalue weighted by molar-refractivity contribution is -0.141. The number of hydrogen-bond donors (Lipinski definition) is 0. The third-order valence-corrected chi connectivity index (χ3v) is 5.03. The molecule has 1 atom stereocenters. The van der Waals surface area contributed by atoms with E-state index in [0.717, 1.165) is 22.6 Å². The zero-order chi connectivity index (χ0) is 19.9. The van der Waals surface area contributed by atoms with Gasteiger partial charge in [-0.05, 0) is 18.7 Å². The van der Waals surface area contributed by atoms with Gasteiger partial charge < -0.3 is 19.1 Å². The average molecular weight is 384 g/mol. The van der Waals surface area contributed by atoms with Crippen molar-refractivity contribution in [1.29, 1.82) is 0 Å². The Hall–Kier alpha value is -2.57. The fourth-order valence-corrected chi connectivity index (χ4v) is 3.52. The molecule has 1 amide bonds. The highest BCUT2D eigenvalue weighted by atomic mass is 16.5. The van der Waals surface area contributed by atoms with Crippen molar-refractivity contribution in [2.45, 2.75) is 12.6 Å². The molecule has 0 radical (unpaired) electrons. The Labute approximate surface area is 166 Å². The van der Waals surface area contributed by atoms with E-state index in [4.69, 9.17) is 14.2 Å². The third kappa shape index (κ3) is 4.64. The first-order valence-electron chi connectivity index (χ1n) is 9.46. The van der Waals surface area contributed by atoms with Gasteiger partial charge in [0, 0.05) is 31.3 Å². The smallest absolute Gasteiger partial charge is 0.244 e. The molecule has 1 saturated heterocycles. The van der Waals surface area contributed by atoms with Crippen LogP contribution in [0.3, 0.4) is 0 Å². The topological polar surface area (TPSA) is 51.2 Å².